The van der Waals surface area contributed by atoms with Gasteiger partial charge in [0.05, 0.1) is 10.6 Å². The fourth-order valence-corrected chi connectivity index (χ4v) is 5.13. The molecule has 0 saturated heterocycles. The maximum Gasteiger partial charge on any atom is 0.501 e. The second-order valence-electron chi connectivity index (χ2n) is 7.51. The summed E-state index contributed by atoms with van der Waals surface area (Å²) in [5, 5.41) is 2.97. The lowest BCUT2D eigenvalue weighted by molar-refractivity contribution is -0.0436. The Morgan fingerprint density at radius 3 is 2.35 bits per heavy atom. The topological polar surface area (TPSA) is 122 Å². The summed E-state index contributed by atoms with van der Waals surface area (Å²) >= 11 is 0. The summed E-state index contributed by atoms with van der Waals surface area (Å²) in [4.78, 5) is 13.7. The Balaban J connectivity index is 1.63. The molecule has 3 heterocycles. The fourth-order valence-electron chi connectivity index (χ4n) is 3.53. The van der Waals surface area contributed by atoms with Crippen LogP contribution in [0.4, 0.5) is 30.5 Å². The number of nitrogens with zero attached hydrogens (tertiary/aromatic N) is 4. The third-order valence-electron chi connectivity index (χ3n) is 5.18. The molecule has 1 N–H and O–H groups in total. The quantitative estimate of drug-likeness (QED) is 0.549. The van der Waals surface area contributed by atoms with E-state index in [4.69, 9.17) is 0 Å². The molecule has 1 aromatic carbocycles. The third kappa shape index (κ3) is 4.55. The van der Waals surface area contributed by atoms with E-state index >= 15 is 0 Å². The van der Waals surface area contributed by atoms with Crippen LogP contribution in [0.15, 0.2) is 58.7 Å². The number of pyridine rings is 1. The molecule has 0 bridgehead atoms. The Kier molecular flexibility index (Phi) is 5.97. The normalized spacial score (nSPS) is 14.5. The predicted octanol–water partition coefficient (Wildman–Crippen LogP) is 2.87. The molecule has 3 aromatic rings. The molecule has 0 radical (unpaired) electrons. The number of hydrogen-bond donors (Lipinski definition) is 1. The van der Waals surface area contributed by atoms with Gasteiger partial charge in [-0.15, -0.1) is 0 Å². The number of benzene rings is 1. The van der Waals surface area contributed by atoms with Crippen LogP contribution in [-0.4, -0.2) is 50.1 Å². The Morgan fingerprint density at radius 1 is 1.00 bits per heavy atom. The minimum Gasteiger partial charge on any atom is -0.351 e. The first kappa shape index (κ1) is 23.9. The van der Waals surface area contributed by atoms with Gasteiger partial charge >= 0.3 is 5.51 Å². The third-order valence-corrected chi connectivity index (χ3v) is 7.80. The Hall–Kier alpha value is -3.26. The van der Waals surface area contributed by atoms with Crippen LogP contribution in [-0.2, 0) is 32.6 Å². The molecule has 180 valence electrons. The largest absolute Gasteiger partial charge is 0.501 e. The molecule has 0 saturated carbocycles. The SMILES string of the molecule is CS(=O)(=O)c1cccnc1N1CCc2ncnc(Nc3ccc(S(=O)(=O)C(F)(F)F)cc3)c2C1. The van der Waals surface area contributed by atoms with Crippen LogP contribution in [0.3, 0.4) is 0 Å². The van der Waals surface area contributed by atoms with Gasteiger partial charge in [-0.1, -0.05) is 0 Å². The molecule has 0 fully saturated rings. The Labute approximate surface area is 193 Å². The van der Waals surface area contributed by atoms with Crippen molar-refractivity contribution in [2.24, 2.45) is 0 Å². The molecule has 1 aliphatic rings. The van der Waals surface area contributed by atoms with Gasteiger partial charge < -0.3 is 10.2 Å². The molecular formula is C20H18F3N5O4S2. The van der Waals surface area contributed by atoms with Gasteiger partial charge in [-0.25, -0.2) is 31.8 Å². The van der Waals surface area contributed by atoms with E-state index in [0.29, 0.717) is 35.9 Å². The number of anilines is 3. The summed E-state index contributed by atoms with van der Waals surface area (Å²) in [6, 6.07) is 7.14. The minimum atomic E-state index is -5.45. The molecule has 0 spiro atoms. The lowest BCUT2D eigenvalue weighted by Crippen LogP contribution is -2.33. The van der Waals surface area contributed by atoms with Crippen molar-refractivity contribution < 1.29 is 30.0 Å². The van der Waals surface area contributed by atoms with Crippen molar-refractivity contribution in [1.82, 2.24) is 15.0 Å². The molecule has 14 heteroatoms. The van der Waals surface area contributed by atoms with Gasteiger partial charge in [0.15, 0.2) is 9.84 Å². The zero-order chi connectivity index (χ0) is 24.7. The van der Waals surface area contributed by atoms with E-state index < -0.39 is 30.1 Å². The van der Waals surface area contributed by atoms with Gasteiger partial charge in [0.2, 0.25) is 0 Å². The highest BCUT2D eigenvalue weighted by Crippen LogP contribution is 2.33. The minimum absolute atomic E-state index is 0.0891. The van der Waals surface area contributed by atoms with E-state index in [1.54, 1.807) is 4.90 Å². The van der Waals surface area contributed by atoms with Crippen LogP contribution in [0, 0.1) is 0 Å². The highest BCUT2D eigenvalue weighted by Gasteiger charge is 2.46. The molecule has 0 unspecified atom stereocenters. The lowest BCUT2D eigenvalue weighted by Gasteiger charge is -2.31. The van der Waals surface area contributed by atoms with E-state index in [1.807, 2.05) is 0 Å². The lowest BCUT2D eigenvalue weighted by atomic mass is 10.1. The number of rotatable bonds is 5. The van der Waals surface area contributed by atoms with Gasteiger partial charge in [-0.3, -0.25) is 0 Å². The highest BCUT2D eigenvalue weighted by atomic mass is 32.2. The summed E-state index contributed by atoms with van der Waals surface area (Å²) < 4.78 is 85.8. The van der Waals surface area contributed by atoms with Crippen molar-refractivity contribution in [3.63, 3.8) is 0 Å². The van der Waals surface area contributed by atoms with Crippen molar-refractivity contribution in [3.8, 4) is 0 Å². The van der Waals surface area contributed by atoms with E-state index in [-0.39, 0.29) is 11.4 Å². The van der Waals surface area contributed by atoms with Crippen LogP contribution < -0.4 is 10.2 Å². The van der Waals surface area contributed by atoms with Gasteiger partial charge in [0.25, 0.3) is 9.84 Å². The van der Waals surface area contributed by atoms with E-state index in [2.05, 4.69) is 20.3 Å². The molecule has 9 nitrogen and oxygen atoms in total. The number of fused-ring (bicyclic) bond motifs is 1. The number of sulfone groups is 2. The molecule has 4 rings (SSSR count). The van der Waals surface area contributed by atoms with Crippen molar-refractivity contribution in [1.29, 1.82) is 0 Å². The van der Waals surface area contributed by atoms with Gasteiger partial charge in [0.1, 0.15) is 22.9 Å². The van der Waals surface area contributed by atoms with Gasteiger partial charge in [-0.05, 0) is 36.4 Å². The average Bonchev–Trinajstić information content (AvgIpc) is 2.78. The summed E-state index contributed by atoms with van der Waals surface area (Å²) in [5.74, 6) is 0.658. The number of alkyl halides is 3. The number of halogens is 3. The van der Waals surface area contributed by atoms with Crippen LogP contribution in [0.5, 0.6) is 0 Å². The standard InChI is InChI=1S/C20H18F3N5O4S2/c1-33(29,30)17-3-2-9-24-19(17)28-10-8-16-15(11-28)18(26-12-25-16)27-13-4-6-14(7-5-13)34(31,32)20(21,22)23/h2-7,9,12H,8,10-11H2,1H3,(H,25,26,27). The molecular weight excluding hydrogens is 495 g/mol. The predicted molar refractivity (Wildman–Crippen MR) is 117 cm³/mol. The Bertz CT molecular complexity index is 1440. The van der Waals surface area contributed by atoms with E-state index in [0.717, 1.165) is 24.1 Å². The molecule has 0 amide bonds. The second kappa shape index (κ2) is 8.51. The van der Waals surface area contributed by atoms with Crippen molar-refractivity contribution in [2.75, 3.05) is 23.0 Å². The summed E-state index contributed by atoms with van der Waals surface area (Å²) in [6.07, 6.45) is 4.41. The zero-order valence-corrected chi connectivity index (χ0v) is 19.2. The molecule has 34 heavy (non-hydrogen) atoms. The summed E-state index contributed by atoms with van der Waals surface area (Å²) in [7, 11) is -8.98. The first-order chi connectivity index (χ1) is 15.9. The van der Waals surface area contributed by atoms with Gasteiger partial charge in [0, 0.05) is 43.2 Å². The summed E-state index contributed by atoms with van der Waals surface area (Å²) in [5.41, 5.74) is -3.70. The Morgan fingerprint density at radius 2 is 1.71 bits per heavy atom. The maximum absolute atomic E-state index is 12.8. The smallest absolute Gasteiger partial charge is 0.351 e. The van der Waals surface area contributed by atoms with E-state index in [1.165, 1.54) is 36.8 Å². The first-order valence-corrected chi connectivity index (χ1v) is 13.2. The molecule has 2 aromatic heterocycles. The monoisotopic (exact) mass is 513 g/mol. The molecule has 0 atom stereocenters. The van der Waals surface area contributed by atoms with Crippen LogP contribution in [0.1, 0.15) is 11.3 Å². The molecule has 0 aliphatic carbocycles. The zero-order valence-electron chi connectivity index (χ0n) is 17.6. The van der Waals surface area contributed by atoms with Crippen LogP contribution in [0.2, 0.25) is 0 Å². The fraction of sp³-hybridized carbons (Fsp3) is 0.250. The number of hydrogen-bond acceptors (Lipinski definition) is 9. The van der Waals surface area contributed by atoms with Crippen molar-refractivity contribution >= 4 is 37.0 Å². The van der Waals surface area contributed by atoms with Crippen molar-refractivity contribution in [3.05, 3.63) is 60.2 Å². The van der Waals surface area contributed by atoms with Crippen LogP contribution >= 0.6 is 0 Å². The van der Waals surface area contributed by atoms with Gasteiger partial charge in [-0.2, -0.15) is 13.2 Å². The summed E-state index contributed by atoms with van der Waals surface area (Å²) in [6.45, 7) is 0.700. The highest BCUT2D eigenvalue weighted by molar-refractivity contribution is 7.92. The number of aromatic nitrogens is 3. The number of nitrogens with one attached hydrogen (secondary N) is 1. The second-order valence-corrected chi connectivity index (χ2v) is 11.4. The molecule has 1 aliphatic heterocycles. The van der Waals surface area contributed by atoms with E-state index in [9.17, 15) is 30.0 Å². The first-order valence-electron chi connectivity index (χ1n) is 9.79. The maximum atomic E-state index is 12.8. The van der Waals surface area contributed by atoms with Crippen molar-refractivity contribution in [2.45, 2.75) is 28.3 Å². The average molecular weight is 514 g/mol. The van der Waals surface area contributed by atoms with Crippen LogP contribution in [0.25, 0.3) is 0 Å².